The Labute approximate surface area is 228 Å². The molecule has 1 aromatic carbocycles. The lowest BCUT2D eigenvalue weighted by atomic mass is 9.97. The number of nitrogens with one attached hydrogen (secondary N) is 1. The number of amides is 2. The van der Waals surface area contributed by atoms with Crippen molar-refractivity contribution < 1.29 is 9.53 Å². The van der Waals surface area contributed by atoms with Gasteiger partial charge in [-0.25, -0.2) is 4.79 Å². The molecular formula is C28H35N9O2. The summed E-state index contributed by atoms with van der Waals surface area (Å²) in [5, 5.41) is 22.5. The van der Waals surface area contributed by atoms with Crippen LogP contribution in [-0.2, 0) is 24.8 Å². The average Bonchev–Trinajstić information content (AvgIpc) is 3.57. The van der Waals surface area contributed by atoms with Crippen molar-refractivity contribution in [3.05, 3.63) is 41.3 Å². The molecule has 1 fully saturated rings. The smallest absolute Gasteiger partial charge is 0.317 e. The van der Waals surface area contributed by atoms with Crippen LogP contribution in [0.1, 0.15) is 42.6 Å². The fourth-order valence-corrected chi connectivity index (χ4v) is 6.10. The third kappa shape index (κ3) is 4.29. The molecule has 6 rings (SSSR count). The van der Waals surface area contributed by atoms with Crippen molar-refractivity contribution in [3.63, 3.8) is 0 Å². The number of anilines is 3. The summed E-state index contributed by atoms with van der Waals surface area (Å²) in [4.78, 5) is 19.0. The number of carbonyl (C=O) groups excluding carboxylic acids is 1. The van der Waals surface area contributed by atoms with Gasteiger partial charge in [0.1, 0.15) is 0 Å². The number of fused-ring (bicyclic) bond motifs is 2. The SMILES string of the molecule is CNC(=O)N1CCc2c(c(N3C[C@@H](C)N(C)c4cc(-c5cnn(C)c5)c(C#N)cc43)nn2C2CCOCC2)C1. The summed E-state index contributed by atoms with van der Waals surface area (Å²) in [6, 6.07) is 6.91. The zero-order valence-electron chi connectivity index (χ0n) is 23.0. The van der Waals surface area contributed by atoms with E-state index in [4.69, 9.17) is 9.84 Å². The quantitative estimate of drug-likeness (QED) is 0.555. The normalized spacial score (nSPS) is 19.5. The number of nitrogens with zero attached hydrogens (tertiary/aromatic N) is 8. The van der Waals surface area contributed by atoms with Crippen molar-refractivity contribution in [2.24, 2.45) is 7.05 Å². The maximum atomic E-state index is 12.6. The van der Waals surface area contributed by atoms with Gasteiger partial charge in [0.25, 0.3) is 0 Å². The highest BCUT2D eigenvalue weighted by molar-refractivity contribution is 5.87. The molecule has 0 unspecified atom stereocenters. The van der Waals surface area contributed by atoms with Gasteiger partial charge in [0.15, 0.2) is 5.82 Å². The second-order valence-corrected chi connectivity index (χ2v) is 10.7. The number of rotatable bonds is 3. The lowest BCUT2D eigenvalue weighted by Gasteiger charge is -2.41. The summed E-state index contributed by atoms with van der Waals surface area (Å²) in [7, 11) is 5.65. The van der Waals surface area contributed by atoms with Gasteiger partial charge in [-0.3, -0.25) is 9.36 Å². The lowest BCUT2D eigenvalue weighted by Crippen LogP contribution is -2.45. The van der Waals surface area contributed by atoms with Gasteiger partial charge in [-0.15, -0.1) is 0 Å². The Balaban J connectivity index is 1.50. The number of likely N-dealkylation sites (N-methyl/N-ethyl adjacent to an activating group) is 1. The van der Waals surface area contributed by atoms with E-state index in [1.54, 1.807) is 17.9 Å². The number of carbonyl (C=O) groups is 1. The van der Waals surface area contributed by atoms with E-state index in [2.05, 4.69) is 51.0 Å². The van der Waals surface area contributed by atoms with Crippen LogP contribution < -0.4 is 15.1 Å². The standard InChI is InChI=1S/C28H35N9O2/c1-18-15-36(26-11-19(13-29)22(12-25(26)34(18)4)20-14-31-33(3)16-20)27-23-17-35(28(38)30-2)8-5-24(23)37(32-27)21-6-9-39-10-7-21/h11-12,14,16,18,21H,5-10,15,17H2,1-4H3,(H,30,38)/t18-/m1/s1. The van der Waals surface area contributed by atoms with Crippen LogP contribution in [0.3, 0.4) is 0 Å². The van der Waals surface area contributed by atoms with E-state index in [0.29, 0.717) is 18.7 Å². The van der Waals surface area contributed by atoms with E-state index in [1.165, 1.54) is 5.69 Å². The van der Waals surface area contributed by atoms with Gasteiger partial charge in [-0.1, -0.05) is 0 Å². The first-order valence-electron chi connectivity index (χ1n) is 13.6. The van der Waals surface area contributed by atoms with Crippen LogP contribution in [0, 0.1) is 11.3 Å². The number of benzene rings is 1. The molecule has 1 saturated heterocycles. The number of hydrogen-bond donors (Lipinski definition) is 1. The van der Waals surface area contributed by atoms with Crippen molar-refractivity contribution in [2.45, 2.75) is 44.8 Å². The highest BCUT2D eigenvalue weighted by Gasteiger charge is 2.36. The molecule has 0 aliphatic carbocycles. The minimum Gasteiger partial charge on any atom is -0.381 e. The minimum absolute atomic E-state index is 0.0783. The Kier molecular flexibility index (Phi) is 6.43. The van der Waals surface area contributed by atoms with Crippen LogP contribution in [0.5, 0.6) is 0 Å². The van der Waals surface area contributed by atoms with Crippen molar-refractivity contribution in [1.29, 1.82) is 5.26 Å². The maximum Gasteiger partial charge on any atom is 0.317 e. The van der Waals surface area contributed by atoms with E-state index >= 15 is 0 Å². The van der Waals surface area contributed by atoms with Crippen LogP contribution in [0.25, 0.3) is 11.1 Å². The monoisotopic (exact) mass is 529 g/mol. The number of hydrogen-bond acceptors (Lipinski definition) is 7. The molecule has 0 radical (unpaired) electrons. The molecular weight excluding hydrogens is 494 g/mol. The van der Waals surface area contributed by atoms with Crippen LogP contribution in [0.15, 0.2) is 24.5 Å². The Bertz CT molecular complexity index is 1450. The molecule has 3 aromatic rings. The van der Waals surface area contributed by atoms with Gasteiger partial charge in [-0.2, -0.15) is 15.5 Å². The first-order chi connectivity index (χ1) is 18.9. The van der Waals surface area contributed by atoms with E-state index in [0.717, 1.165) is 72.9 Å². The first-order valence-corrected chi connectivity index (χ1v) is 13.6. The molecule has 39 heavy (non-hydrogen) atoms. The number of urea groups is 1. The van der Waals surface area contributed by atoms with Gasteiger partial charge in [0.05, 0.1) is 41.8 Å². The maximum absolute atomic E-state index is 12.6. The summed E-state index contributed by atoms with van der Waals surface area (Å²) in [5.41, 5.74) is 6.67. The number of nitriles is 1. The number of ether oxygens (including phenoxy) is 1. The van der Waals surface area contributed by atoms with E-state index in [1.807, 2.05) is 24.2 Å². The van der Waals surface area contributed by atoms with E-state index in [9.17, 15) is 10.1 Å². The van der Waals surface area contributed by atoms with Gasteiger partial charge in [0.2, 0.25) is 0 Å². The predicted molar refractivity (Wildman–Crippen MR) is 148 cm³/mol. The first kappa shape index (κ1) is 25.2. The van der Waals surface area contributed by atoms with Crippen LogP contribution >= 0.6 is 0 Å². The van der Waals surface area contributed by atoms with Crippen LogP contribution in [0.4, 0.5) is 22.0 Å². The summed E-state index contributed by atoms with van der Waals surface area (Å²) in [5.74, 6) is 0.879. The molecule has 0 bridgehead atoms. The minimum atomic E-state index is -0.0783. The molecule has 204 valence electrons. The van der Waals surface area contributed by atoms with Crippen molar-refractivity contribution in [1.82, 2.24) is 29.8 Å². The van der Waals surface area contributed by atoms with Crippen molar-refractivity contribution >= 4 is 23.2 Å². The second kappa shape index (κ2) is 9.93. The topological polar surface area (TPSA) is 107 Å². The van der Waals surface area contributed by atoms with Crippen LogP contribution in [0.2, 0.25) is 0 Å². The van der Waals surface area contributed by atoms with Gasteiger partial charge < -0.3 is 24.8 Å². The third-order valence-corrected chi connectivity index (χ3v) is 8.39. The number of aryl methyl sites for hydroxylation is 1. The molecule has 11 nitrogen and oxygen atoms in total. The third-order valence-electron chi connectivity index (χ3n) is 8.39. The summed E-state index contributed by atoms with van der Waals surface area (Å²) in [6.07, 6.45) is 6.34. The largest absolute Gasteiger partial charge is 0.381 e. The Hall–Kier alpha value is -4.04. The summed E-state index contributed by atoms with van der Waals surface area (Å²) in [6.45, 7) is 5.55. The fourth-order valence-electron chi connectivity index (χ4n) is 6.10. The highest BCUT2D eigenvalue weighted by Crippen LogP contribution is 2.45. The molecule has 0 saturated carbocycles. The zero-order chi connectivity index (χ0) is 27.3. The molecule has 2 aromatic heterocycles. The van der Waals surface area contributed by atoms with Crippen molar-refractivity contribution in [3.8, 4) is 17.2 Å². The molecule has 1 atom stereocenters. The van der Waals surface area contributed by atoms with Gasteiger partial charge in [-0.05, 0) is 31.9 Å². The fraction of sp³-hybridized carbons (Fsp3) is 0.500. The van der Waals surface area contributed by atoms with Crippen molar-refractivity contribution in [2.75, 3.05) is 50.2 Å². The Morgan fingerprint density at radius 1 is 1.21 bits per heavy atom. The predicted octanol–water partition coefficient (Wildman–Crippen LogP) is 3.18. The highest BCUT2D eigenvalue weighted by atomic mass is 16.5. The van der Waals surface area contributed by atoms with Gasteiger partial charge >= 0.3 is 6.03 Å². The average molecular weight is 530 g/mol. The van der Waals surface area contributed by atoms with Crippen LogP contribution in [-0.4, -0.2) is 76.9 Å². The lowest BCUT2D eigenvalue weighted by molar-refractivity contribution is 0.0651. The Morgan fingerprint density at radius 2 is 2.00 bits per heavy atom. The summed E-state index contributed by atoms with van der Waals surface area (Å²) < 4.78 is 9.61. The zero-order valence-corrected chi connectivity index (χ0v) is 23.0. The molecule has 0 spiro atoms. The summed E-state index contributed by atoms with van der Waals surface area (Å²) >= 11 is 0. The molecule has 11 heteroatoms. The molecule has 2 amide bonds. The second-order valence-electron chi connectivity index (χ2n) is 10.7. The molecule has 3 aliphatic rings. The molecule has 5 heterocycles. The Morgan fingerprint density at radius 3 is 2.69 bits per heavy atom. The van der Waals surface area contributed by atoms with Gasteiger partial charge in [0, 0.05) is 88.5 Å². The molecule has 3 aliphatic heterocycles. The number of aromatic nitrogens is 4. The molecule has 1 N–H and O–H groups in total. The van der Waals surface area contributed by atoms with E-state index in [-0.39, 0.29) is 18.1 Å². The van der Waals surface area contributed by atoms with E-state index < -0.39 is 0 Å².